The first kappa shape index (κ1) is 20.3. The van der Waals surface area contributed by atoms with Gasteiger partial charge < -0.3 is 14.8 Å². The second-order valence-electron chi connectivity index (χ2n) is 5.82. The van der Waals surface area contributed by atoms with Crippen molar-refractivity contribution in [1.29, 1.82) is 0 Å². The van der Waals surface area contributed by atoms with Crippen LogP contribution in [0.3, 0.4) is 0 Å². The lowest BCUT2D eigenvalue weighted by molar-refractivity contribution is 0.0915. The van der Waals surface area contributed by atoms with E-state index in [1.165, 1.54) is 0 Å². The molecule has 136 valence electrons. The molecule has 1 aromatic carbocycles. The van der Waals surface area contributed by atoms with Crippen molar-refractivity contribution in [3.8, 4) is 5.75 Å². The topological polar surface area (TPSA) is 50.8 Å². The van der Waals surface area contributed by atoms with E-state index < -0.39 is 0 Å². The Hall–Kier alpha value is -1.75. The number of amides is 1. The van der Waals surface area contributed by atoms with E-state index in [-0.39, 0.29) is 18.2 Å². The molecule has 0 saturated carbocycles. The lowest BCUT2D eigenvalue weighted by atomic mass is 10.1. The zero-order valence-corrected chi connectivity index (χ0v) is 15.7. The molecule has 24 heavy (non-hydrogen) atoms. The number of likely N-dealkylation sites (N-methyl/N-ethyl adjacent to an activating group) is 1. The SMILES string of the molecule is CCC(CC)OC(=O)NCCN(CC)[C@@H](C)c1ccccc1OC. The summed E-state index contributed by atoms with van der Waals surface area (Å²) < 4.78 is 10.8. The van der Waals surface area contributed by atoms with Gasteiger partial charge >= 0.3 is 6.09 Å². The Morgan fingerprint density at radius 2 is 1.88 bits per heavy atom. The minimum Gasteiger partial charge on any atom is -0.496 e. The van der Waals surface area contributed by atoms with Crippen LogP contribution in [0.2, 0.25) is 0 Å². The summed E-state index contributed by atoms with van der Waals surface area (Å²) in [4.78, 5) is 14.1. The zero-order chi connectivity index (χ0) is 17.9. The Balaban J connectivity index is 2.54. The number of benzene rings is 1. The van der Waals surface area contributed by atoms with Crippen molar-refractivity contribution < 1.29 is 14.3 Å². The summed E-state index contributed by atoms with van der Waals surface area (Å²) in [6, 6.07) is 8.27. The minimum absolute atomic E-state index is 0.000202. The van der Waals surface area contributed by atoms with Crippen LogP contribution in [-0.2, 0) is 4.74 Å². The average molecular weight is 336 g/mol. The summed E-state index contributed by atoms with van der Waals surface area (Å²) >= 11 is 0. The third-order valence-corrected chi connectivity index (χ3v) is 4.40. The maximum atomic E-state index is 11.8. The molecule has 0 unspecified atom stereocenters. The first-order chi connectivity index (χ1) is 11.6. The number of para-hydroxylation sites is 1. The van der Waals surface area contributed by atoms with Gasteiger partial charge in [0.05, 0.1) is 7.11 Å². The van der Waals surface area contributed by atoms with E-state index >= 15 is 0 Å². The molecule has 0 radical (unpaired) electrons. The number of hydrogen-bond acceptors (Lipinski definition) is 4. The number of carbonyl (C=O) groups excluding carboxylic acids is 1. The van der Waals surface area contributed by atoms with Gasteiger partial charge in [-0.3, -0.25) is 4.90 Å². The summed E-state index contributed by atoms with van der Waals surface area (Å²) in [6.45, 7) is 10.5. The van der Waals surface area contributed by atoms with Crippen molar-refractivity contribution in [3.63, 3.8) is 0 Å². The third-order valence-electron chi connectivity index (χ3n) is 4.40. The second kappa shape index (κ2) is 10.9. The molecule has 0 saturated heterocycles. The number of ether oxygens (including phenoxy) is 2. The number of carbonyl (C=O) groups is 1. The molecular weight excluding hydrogens is 304 g/mol. The van der Waals surface area contributed by atoms with Crippen LogP contribution in [0.5, 0.6) is 5.75 Å². The fraction of sp³-hybridized carbons (Fsp3) is 0.632. The first-order valence-corrected chi connectivity index (χ1v) is 8.88. The minimum atomic E-state index is -0.329. The zero-order valence-electron chi connectivity index (χ0n) is 15.7. The van der Waals surface area contributed by atoms with Crippen LogP contribution < -0.4 is 10.1 Å². The monoisotopic (exact) mass is 336 g/mol. The Bertz CT molecular complexity index is 489. The summed E-state index contributed by atoms with van der Waals surface area (Å²) in [7, 11) is 1.69. The fourth-order valence-electron chi connectivity index (χ4n) is 2.78. The van der Waals surface area contributed by atoms with Crippen molar-refractivity contribution in [3.05, 3.63) is 29.8 Å². The Morgan fingerprint density at radius 1 is 1.21 bits per heavy atom. The van der Waals surface area contributed by atoms with Crippen LogP contribution in [0.25, 0.3) is 0 Å². The van der Waals surface area contributed by atoms with E-state index in [0.717, 1.165) is 37.2 Å². The van der Waals surface area contributed by atoms with Crippen molar-refractivity contribution in [1.82, 2.24) is 10.2 Å². The van der Waals surface area contributed by atoms with E-state index in [0.29, 0.717) is 6.54 Å². The molecule has 0 aromatic heterocycles. The molecule has 1 atom stereocenters. The van der Waals surface area contributed by atoms with Gasteiger partial charge in [-0.15, -0.1) is 0 Å². The smallest absolute Gasteiger partial charge is 0.407 e. The lowest BCUT2D eigenvalue weighted by Crippen LogP contribution is -2.37. The molecule has 1 N–H and O–H groups in total. The molecule has 0 fully saturated rings. The van der Waals surface area contributed by atoms with Gasteiger partial charge in [-0.1, -0.05) is 39.0 Å². The Labute approximate surface area is 146 Å². The largest absolute Gasteiger partial charge is 0.496 e. The molecule has 1 rings (SSSR count). The quantitative estimate of drug-likeness (QED) is 0.702. The standard InChI is InChI=1S/C19H32N2O3/c1-6-16(7-2)24-19(22)20-13-14-21(8-3)15(4)17-11-9-10-12-18(17)23-5/h9-12,15-16H,6-8,13-14H2,1-5H3,(H,20,22)/t15-/m0/s1. The molecule has 1 aromatic rings. The van der Waals surface area contributed by atoms with E-state index in [1.807, 2.05) is 32.0 Å². The van der Waals surface area contributed by atoms with Gasteiger partial charge in [-0.05, 0) is 32.4 Å². The lowest BCUT2D eigenvalue weighted by Gasteiger charge is -2.29. The highest BCUT2D eigenvalue weighted by Crippen LogP contribution is 2.28. The summed E-state index contributed by atoms with van der Waals surface area (Å²) in [5.41, 5.74) is 1.15. The van der Waals surface area contributed by atoms with Crippen molar-refractivity contribution in [2.24, 2.45) is 0 Å². The number of hydrogen-bond donors (Lipinski definition) is 1. The van der Waals surface area contributed by atoms with Crippen LogP contribution in [0.15, 0.2) is 24.3 Å². The predicted molar refractivity (Wildman–Crippen MR) is 97.5 cm³/mol. The number of methoxy groups -OCH3 is 1. The van der Waals surface area contributed by atoms with Gasteiger partial charge in [0.2, 0.25) is 0 Å². The first-order valence-electron chi connectivity index (χ1n) is 8.88. The molecule has 0 bridgehead atoms. The van der Waals surface area contributed by atoms with E-state index in [4.69, 9.17) is 9.47 Å². The third kappa shape index (κ3) is 6.04. The van der Waals surface area contributed by atoms with E-state index in [2.05, 4.69) is 30.1 Å². The number of nitrogens with one attached hydrogen (secondary N) is 1. The van der Waals surface area contributed by atoms with E-state index in [1.54, 1.807) is 7.11 Å². The molecule has 5 heteroatoms. The van der Waals surface area contributed by atoms with Gasteiger partial charge in [0.1, 0.15) is 11.9 Å². The molecule has 0 aliphatic carbocycles. The summed E-state index contributed by atoms with van der Waals surface area (Å²) in [5.74, 6) is 0.893. The highest BCUT2D eigenvalue weighted by Gasteiger charge is 2.18. The van der Waals surface area contributed by atoms with Crippen molar-refractivity contribution in [2.45, 2.75) is 52.7 Å². The van der Waals surface area contributed by atoms with E-state index in [9.17, 15) is 4.79 Å². The molecule has 0 heterocycles. The van der Waals surface area contributed by atoms with Crippen LogP contribution >= 0.6 is 0 Å². The molecule has 0 aliphatic rings. The Morgan fingerprint density at radius 3 is 2.46 bits per heavy atom. The van der Waals surface area contributed by atoms with Gasteiger partial charge in [-0.2, -0.15) is 0 Å². The van der Waals surface area contributed by atoms with Gasteiger partial charge in [-0.25, -0.2) is 4.79 Å². The fourth-order valence-corrected chi connectivity index (χ4v) is 2.78. The predicted octanol–water partition coefficient (Wildman–Crippen LogP) is 3.99. The van der Waals surface area contributed by atoms with Crippen molar-refractivity contribution in [2.75, 3.05) is 26.7 Å². The number of rotatable bonds is 10. The summed E-state index contributed by atoms with van der Waals surface area (Å²) in [6.07, 6.45) is 1.36. The van der Waals surface area contributed by atoms with Crippen LogP contribution in [0, 0.1) is 0 Å². The van der Waals surface area contributed by atoms with Gasteiger partial charge in [0.25, 0.3) is 0 Å². The van der Waals surface area contributed by atoms with Crippen LogP contribution in [-0.4, -0.2) is 43.8 Å². The molecule has 0 spiro atoms. The van der Waals surface area contributed by atoms with Crippen LogP contribution in [0.4, 0.5) is 4.79 Å². The molecule has 0 aliphatic heterocycles. The summed E-state index contributed by atoms with van der Waals surface area (Å²) in [5, 5.41) is 2.85. The maximum absolute atomic E-state index is 11.8. The molecule has 5 nitrogen and oxygen atoms in total. The number of alkyl carbamates (subject to hydrolysis) is 1. The molecule has 1 amide bonds. The van der Waals surface area contributed by atoms with Gasteiger partial charge in [0.15, 0.2) is 0 Å². The number of nitrogens with zero attached hydrogens (tertiary/aromatic N) is 1. The Kier molecular flexibility index (Phi) is 9.23. The highest BCUT2D eigenvalue weighted by atomic mass is 16.6. The second-order valence-corrected chi connectivity index (χ2v) is 5.82. The van der Waals surface area contributed by atoms with Crippen molar-refractivity contribution >= 4 is 6.09 Å². The molecular formula is C19H32N2O3. The highest BCUT2D eigenvalue weighted by molar-refractivity contribution is 5.67. The normalized spacial score (nSPS) is 12.3. The van der Waals surface area contributed by atoms with Crippen LogP contribution in [0.1, 0.15) is 52.1 Å². The maximum Gasteiger partial charge on any atom is 0.407 e. The average Bonchev–Trinajstić information content (AvgIpc) is 2.62. The van der Waals surface area contributed by atoms with Gasteiger partial charge in [0, 0.05) is 24.7 Å².